The first-order valence-corrected chi connectivity index (χ1v) is 5.85. The molecule has 2 unspecified atom stereocenters. The van der Waals surface area contributed by atoms with Crippen molar-refractivity contribution in [2.24, 2.45) is 11.5 Å². The summed E-state index contributed by atoms with van der Waals surface area (Å²) in [4.78, 5) is 22.4. The van der Waals surface area contributed by atoms with E-state index in [-0.39, 0.29) is 5.78 Å². The van der Waals surface area contributed by atoms with Crippen molar-refractivity contribution in [2.75, 3.05) is 0 Å². The lowest BCUT2D eigenvalue weighted by molar-refractivity contribution is -0.138. The summed E-state index contributed by atoms with van der Waals surface area (Å²) in [5.41, 5.74) is 11.7. The Morgan fingerprint density at radius 2 is 1.61 bits per heavy atom. The highest BCUT2D eigenvalue weighted by atomic mass is 16.4. The summed E-state index contributed by atoms with van der Waals surface area (Å²) in [6, 6.07) is 7.32. The minimum absolute atomic E-state index is 0.125. The molecule has 0 saturated heterocycles. The summed E-state index contributed by atoms with van der Waals surface area (Å²) in [5, 5.41) is 8.61. The molecule has 0 bridgehead atoms. The quantitative estimate of drug-likeness (QED) is 0.620. The van der Waals surface area contributed by atoms with Crippen molar-refractivity contribution >= 4 is 11.8 Å². The van der Waals surface area contributed by atoms with Gasteiger partial charge < -0.3 is 16.6 Å². The van der Waals surface area contributed by atoms with Crippen LogP contribution >= 0.6 is 0 Å². The molecule has 18 heavy (non-hydrogen) atoms. The average Bonchev–Trinajstić information content (AvgIpc) is 2.38. The zero-order chi connectivity index (χ0) is 13.5. The molecule has 0 spiro atoms. The van der Waals surface area contributed by atoms with Gasteiger partial charge in [-0.3, -0.25) is 9.59 Å². The summed E-state index contributed by atoms with van der Waals surface area (Å²) < 4.78 is 0. The lowest BCUT2D eigenvalue weighted by atomic mass is 9.99. The number of carboxylic acid groups (broad SMARTS) is 1. The molecule has 0 saturated carbocycles. The Hall–Kier alpha value is -1.72. The average molecular weight is 250 g/mol. The molecule has 98 valence electrons. The minimum Gasteiger partial charge on any atom is -0.480 e. The largest absolute Gasteiger partial charge is 0.480 e. The number of hydrogen-bond donors (Lipinski definition) is 3. The Morgan fingerprint density at radius 1 is 1.06 bits per heavy atom. The summed E-state index contributed by atoms with van der Waals surface area (Å²) in [6.45, 7) is 0. The molecule has 5 nitrogen and oxygen atoms in total. The van der Waals surface area contributed by atoms with Crippen LogP contribution in [0.4, 0.5) is 0 Å². The Labute approximate surface area is 106 Å². The van der Waals surface area contributed by atoms with Crippen LogP contribution in [-0.4, -0.2) is 28.9 Å². The molecule has 0 amide bonds. The van der Waals surface area contributed by atoms with Crippen LogP contribution in [0.5, 0.6) is 0 Å². The first kappa shape index (κ1) is 14.3. The molecule has 5 heteroatoms. The fourth-order valence-corrected chi connectivity index (χ4v) is 1.63. The number of carbonyl (C=O) groups is 2. The molecule has 1 aromatic rings. The smallest absolute Gasteiger partial charge is 0.320 e. The van der Waals surface area contributed by atoms with Crippen LogP contribution in [0.3, 0.4) is 0 Å². The lowest BCUT2D eigenvalue weighted by Gasteiger charge is -2.11. The van der Waals surface area contributed by atoms with Gasteiger partial charge in [-0.1, -0.05) is 30.3 Å². The molecule has 0 aliphatic heterocycles. The van der Waals surface area contributed by atoms with Crippen LogP contribution in [0, 0.1) is 0 Å². The van der Waals surface area contributed by atoms with E-state index >= 15 is 0 Å². The summed E-state index contributed by atoms with van der Waals surface area (Å²) in [6.07, 6.45) is 1.28. The molecule has 0 fully saturated rings. The number of benzene rings is 1. The second-order valence-electron chi connectivity index (χ2n) is 4.21. The van der Waals surface area contributed by atoms with Crippen LogP contribution in [-0.2, 0) is 4.79 Å². The number of aliphatic carboxylic acids is 1. The van der Waals surface area contributed by atoms with E-state index in [9.17, 15) is 9.59 Å². The molecule has 0 aliphatic carbocycles. The third-order valence-electron chi connectivity index (χ3n) is 2.74. The number of hydrogen-bond acceptors (Lipinski definition) is 4. The van der Waals surface area contributed by atoms with Crippen molar-refractivity contribution in [1.29, 1.82) is 0 Å². The maximum absolute atomic E-state index is 11.9. The fraction of sp³-hybridized carbons (Fsp3) is 0.385. The normalized spacial score (nSPS) is 13.9. The predicted molar refractivity (Wildman–Crippen MR) is 68.2 cm³/mol. The maximum Gasteiger partial charge on any atom is 0.320 e. The van der Waals surface area contributed by atoms with Crippen LogP contribution in [0.1, 0.15) is 29.6 Å². The maximum atomic E-state index is 11.9. The van der Waals surface area contributed by atoms with E-state index < -0.39 is 18.1 Å². The second-order valence-corrected chi connectivity index (χ2v) is 4.21. The third kappa shape index (κ3) is 4.27. The Balaban J connectivity index is 2.40. The van der Waals surface area contributed by atoms with Gasteiger partial charge in [-0.15, -0.1) is 0 Å². The first-order valence-electron chi connectivity index (χ1n) is 5.85. The molecule has 1 rings (SSSR count). The van der Waals surface area contributed by atoms with Gasteiger partial charge in [0, 0.05) is 5.56 Å². The Kier molecular flexibility index (Phi) is 5.48. The van der Waals surface area contributed by atoms with Crippen molar-refractivity contribution in [1.82, 2.24) is 0 Å². The highest BCUT2D eigenvalue weighted by molar-refractivity contribution is 5.99. The fourth-order valence-electron chi connectivity index (χ4n) is 1.63. The molecule has 1 aromatic carbocycles. The first-order chi connectivity index (χ1) is 8.52. The van der Waals surface area contributed by atoms with Crippen LogP contribution in [0.2, 0.25) is 0 Å². The molecule has 0 aromatic heterocycles. The molecule has 0 aliphatic rings. The van der Waals surface area contributed by atoms with E-state index in [1.165, 1.54) is 0 Å². The Morgan fingerprint density at radius 3 is 2.17 bits per heavy atom. The minimum atomic E-state index is -1.03. The van der Waals surface area contributed by atoms with E-state index in [0.717, 1.165) is 0 Å². The molecule has 0 heterocycles. The topological polar surface area (TPSA) is 106 Å². The summed E-state index contributed by atoms with van der Waals surface area (Å²) in [5.74, 6) is -1.16. The lowest BCUT2D eigenvalue weighted by Crippen LogP contribution is -2.33. The summed E-state index contributed by atoms with van der Waals surface area (Å²) >= 11 is 0. The number of rotatable bonds is 7. The van der Waals surface area contributed by atoms with Crippen molar-refractivity contribution in [3.05, 3.63) is 35.9 Å². The van der Waals surface area contributed by atoms with Gasteiger partial charge in [0.1, 0.15) is 6.04 Å². The number of ketones is 1. The van der Waals surface area contributed by atoms with Crippen molar-refractivity contribution < 1.29 is 14.7 Å². The van der Waals surface area contributed by atoms with Gasteiger partial charge in [0.25, 0.3) is 0 Å². The van der Waals surface area contributed by atoms with E-state index in [1.54, 1.807) is 24.3 Å². The van der Waals surface area contributed by atoms with E-state index in [2.05, 4.69) is 0 Å². The zero-order valence-corrected chi connectivity index (χ0v) is 10.1. The zero-order valence-electron chi connectivity index (χ0n) is 10.1. The van der Waals surface area contributed by atoms with Crippen molar-refractivity contribution in [3.63, 3.8) is 0 Å². The van der Waals surface area contributed by atoms with Crippen LogP contribution in [0.15, 0.2) is 30.3 Å². The van der Waals surface area contributed by atoms with Gasteiger partial charge in [0.05, 0.1) is 6.04 Å². The number of nitrogens with two attached hydrogens (primary N) is 2. The monoisotopic (exact) mass is 250 g/mol. The molecule has 5 N–H and O–H groups in total. The van der Waals surface area contributed by atoms with Crippen molar-refractivity contribution in [2.45, 2.75) is 31.3 Å². The standard InChI is InChI=1S/C13H18N2O3/c14-10(7-4-8-11(15)13(17)18)12(16)9-5-2-1-3-6-9/h1-3,5-6,10-11H,4,7-8,14-15H2,(H,17,18). The van der Waals surface area contributed by atoms with Gasteiger partial charge in [0.15, 0.2) is 5.78 Å². The number of carboxylic acids is 1. The van der Waals surface area contributed by atoms with Gasteiger partial charge in [-0.05, 0) is 19.3 Å². The van der Waals surface area contributed by atoms with E-state index in [4.69, 9.17) is 16.6 Å². The van der Waals surface area contributed by atoms with Gasteiger partial charge in [-0.2, -0.15) is 0 Å². The molecule has 0 radical (unpaired) electrons. The van der Waals surface area contributed by atoms with E-state index in [0.29, 0.717) is 24.8 Å². The van der Waals surface area contributed by atoms with Gasteiger partial charge >= 0.3 is 5.97 Å². The predicted octanol–water partition coefficient (Wildman–Crippen LogP) is 0.779. The highest BCUT2D eigenvalue weighted by Gasteiger charge is 2.17. The SMILES string of the molecule is NC(CCCC(N)C(=O)c1ccccc1)C(=O)O. The summed E-state index contributed by atoms with van der Waals surface area (Å²) in [7, 11) is 0. The van der Waals surface area contributed by atoms with Gasteiger partial charge in [-0.25, -0.2) is 0 Å². The Bertz CT molecular complexity index is 406. The highest BCUT2D eigenvalue weighted by Crippen LogP contribution is 2.08. The molecular formula is C13H18N2O3. The molecular weight excluding hydrogens is 232 g/mol. The van der Waals surface area contributed by atoms with Gasteiger partial charge in [0.2, 0.25) is 0 Å². The second kappa shape index (κ2) is 6.88. The van der Waals surface area contributed by atoms with E-state index in [1.807, 2.05) is 6.07 Å². The van der Waals surface area contributed by atoms with Crippen LogP contribution < -0.4 is 11.5 Å². The molecule has 2 atom stereocenters. The van der Waals surface area contributed by atoms with Crippen LogP contribution in [0.25, 0.3) is 0 Å². The number of Topliss-reactive ketones (excluding diaryl/α,β-unsaturated/α-hetero) is 1. The van der Waals surface area contributed by atoms with Crippen molar-refractivity contribution in [3.8, 4) is 0 Å². The third-order valence-corrected chi connectivity index (χ3v) is 2.74. The number of carbonyl (C=O) groups excluding carboxylic acids is 1.